The number of nitrogens with one attached hydrogen (secondary N) is 1. The van der Waals surface area contributed by atoms with E-state index in [0.29, 0.717) is 32.1 Å². The Morgan fingerprint density at radius 2 is 1.85 bits per heavy atom. The van der Waals surface area contributed by atoms with E-state index in [1.54, 1.807) is 37.3 Å². The molecule has 0 aliphatic heterocycles. The number of fused-ring (bicyclic) bond motifs is 1. The van der Waals surface area contributed by atoms with E-state index in [-0.39, 0.29) is 25.0 Å². The van der Waals surface area contributed by atoms with Crippen LogP contribution in [-0.2, 0) is 22.4 Å². The second-order valence-electron chi connectivity index (χ2n) is 7.49. The Labute approximate surface area is 211 Å². The molecule has 34 heavy (non-hydrogen) atoms. The van der Waals surface area contributed by atoms with Gasteiger partial charge >= 0.3 is 5.97 Å². The first-order valence-electron chi connectivity index (χ1n) is 10.8. The second kappa shape index (κ2) is 11.1. The van der Waals surface area contributed by atoms with Crippen LogP contribution in [0, 0.1) is 0 Å². The largest absolute Gasteiger partial charge is 0.484 e. The predicted octanol–water partition coefficient (Wildman–Crippen LogP) is 6.32. The van der Waals surface area contributed by atoms with E-state index in [9.17, 15) is 9.59 Å². The molecule has 1 aromatic carbocycles. The summed E-state index contributed by atoms with van der Waals surface area (Å²) >= 11 is 13.4. The molecule has 0 saturated carbocycles. The van der Waals surface area contributed by atoms with Crippen molar-refractivity contribution in [2.24, 2.45) is 0 Å². The van der Waals surface area contributed by atoms with Gasteiger partial charge in [-0.2, -0.15) is 0 Å². The first-order valence-corrected chi connectivity index (χ1v) is 12.3. The van der Waals surface area contributed by atoms with E-state index in [4.69, 9.17) is 37.4 Å². The lowest BCUT2D eigenvalue weighted by molar-refractivity contribution is -0.118. The predicted molar refractivity (Wildman–Crippen MR) is 132 cm³/mol. The molecule has 1 N–H and O–H groups in total. The highest BCUT2D eigenvalue weighted by Crippen LogP contribution is 2.38. The molecule has 2 heterocycles. The van der Waals surface area contributed by atoms with Crippen LogP contribution in [0.15, 0.2) is 36.5 Å². The van der Waals surface area contributed by atoms with Crippen molar-refractivity contribution in [3.8, 4) is 17.4 Å². The second-order valence-corrected chi connectivity index (χ2v) is 9.44. The zero-order valence-corrected chi connectivity index (χ0v) is 20.7. The van der Waals surface area contributed by atoms with Crippen molar-refractivity contribution in [3.05, 3.63) is 62.6 Å². The van der Waals surface area contributed by atoms with Gasteiger partial charge in [0.25, 0.3) is 5.91 Å². The third-order valence-electron chi connectivity index (χ3n) is 5.09. The average Bonchev–Trinajstić information content (AvgIpc) is 3.18. The highest BCUT2D eigenvalue weighted by Gasteiger charge is 2.27. The fraction of sp³-hybridized carbons (Fsp3) is 0.292. The topological polar surface area (TPSA) is 86.8 Å². The number of nitrogens with zero attached hydrogens (tertiary/aromatic N) is 1. The van der Waals surface area contributed by atoms with Crippen molar-refractivity contribution in [3.63, 3.8) is 0 Å². The minimum absolute atomic E-state index is 0.213. The molecule has 7 nitrogen and oxygen atoms in total. The maximum Gasteiger partial charge on any atom is 0.341 e. The van der Waals surface area contributed by atoms with Crippen molar-refractivity contribution in [1.29, 1.82) is 0 Å². The number of ether oxygens (including phenoxy) is 3. The molecule has 10 heteroatoms. The van der Waals surface area contributed by atoms with Crippen molar-refractivity contribution < 1.29 is 23.8 Å². The summed E-state index contributed by atoms with van der Waals surface area (Å²) in [6.07, 6.45) is 5.26. The van der Waals surface area contributed by atoms with Crippen LogP contribution < -0.4 is 14.8 Å². The highest BCUT2D eigenvalue weighted by atomic mass is 35.5. The van der Waals surface area contributed by atoms with Gasteiger partial charge in [-0.05, 0) is 68.5 Å². The van der Waals surface area contributed by atoms with E-state index in [0.717, 1.165) is 36.1 Å². The number of carbonyl (C=O) groups is 2. The van der Waals surface area contributed by atoms with Crippen LogP contribution in [-0.4, -0.2) is 30.1 Å². The number of aromatic nitrogens is 1. The number of anilines is 1. The summed E-state index contributed by atoms with van der Waals surface area (Å²) in [6.45, 7) is 1.83. The molecule has 0 spiro atoms. The lowest BCUT2D eigenvalue weighted by Crippen LogP contribution is -2.21. The number of benzene rings is 1. The summed E-state index contributed by atoms with van der Waals surface area (Å²) in [6, 6.07) is 8.22. The van der Waals surface area contributed by atoms with Crippen LogP contribution in [0.3, 0.4) is 0 Å². The number of hydrogen-bond donors (Lipinski definition) is 1. The summed E-state index contributed by atoms with van der Waals surface area (Å²) < 4.78 is 16.5. The van der Waals surface area contributed by atoms with E-state index in [1.807, 2.05) is 0 Å². The Morgan fingerprint density at radius 1 is 1.12 bits per heavy atom. The molecule has 1 aliphatic carbocycles. The third kappa shape index (κ3) is 5.81. The summed E-state index contributed by atoms with van der Waals surface area (Å²) in [7, 11) is 0. The quantitative estimate of drug-likeness (QED) is 0.350. The Bertz CT molecular complexity index is 1200. The Hall–Kier alpha value is -2.81. The normalized spacial score (nSPS) is 12.6. The maximum atomic E-state index is 12.6. The molecule has 1 aliphatic rings. The SMILES string of the molecule is CCOC(=O)c1c(NC(=O)COc2ccc(Oc3ncc(Cl)cc3Cl)cc2)sc2c1CCCC2. The van der Waals surface area contributed by atoms with Gasteiger partial charge in [0.2, 0.25) is 5.88 Å². The van der Waals surface area contributed by atoms with E-state index in [2.05, 4.69) is 10.3 Å². The average molecular weight is 521 g/mol. The van der Waals surface area contributed by atoms with E-state index in [1.165, 1.54) is 17.5 Å². The lowest BCUT2D eigenvalue weighted by atomic mass is 9.95. The molecule has 178 valence electrons. The standard InChI is InChI=1S/C24H22Cl2N2O5S/c1-2-31-24(30)21-17-5-3-4-6-19(17)34-23(21)28-20(29)13-32-15-7-9-16(10-8-15)33-22-18(26)11-14(25)12-27-22/h7-12H,2-6,13H2,1H3,(H,28,29). The van der Waals surface area contributed by atoms with Gasteiger partial charge in [-0.3, -0.25) is 4.79 Å². The number of aryl methyl sites for hydroxylation is 1. The summed E-state index contributed by atoms with van der Waals surface area (Å²) in [5.74, 6) is 0.450. The van der Waals surface area contributed by atoms with Crippen molar-refractivity contribution in [2.45, 2.75) is 32.6 Å². The van der Waals surface area contributed by atoms with Crippen molar-refractivity contribution >= 4 is 51.4 Å². The van der Waals surface area contributed by atoms with Gasteiger partial charge < -0.3 is 19.5 Å². The fourth-order valence-corrected chi connectivity index (χ4v) is 5.29. The highest BCUT2D eigenvalue weighted by molar-refractivity contribution is 7.17. The van der Waals surface area contributed by atoms with Crippen LogP contribution in [0.5, 0.6) is 17.4 Å². The number of thiophene rings is 1. The maximum absolute atomic E-state index is 12.6. The number of esters is 1. The number of rotatable bonds is 8. The molecule has 1 amide bonds. The molecule has 0 radical (unpaired) electrons. The van der Waals surface area contributed by atoms with Gasteiger partial charge in [0, 0.05) is 11.1 Å². The molecule has 0 bridgehead atoms. The number of hydrogen-bond acceptors (Lipinski definition) is 7. The molecule has 4 rings (SSSR count). The Morgan fingerprint density at radius 3 is 2.59 bits per heavy atom. The summed E-state index contributed by atoms with van der Waals surface area (Å²) in [4.78, 5) is 30.3. The summed E-state index contributed by atoms with van der Waals surface area (Å²) in [5.41, 5.74) is 1.47. The monoisotopic (exact) mass is 520 g/mol. The molecule has 0 atom stereocenters. The van der Waals surface area contributed by atoms with Crippen molar-refractivity contribution in [2.75, 3.05) is 18.5 Å². The summed E-state index contributed by atoms with van der Waals surface area (Å²) in [5, 5.41) is 4.06. The molecule has 3 aromatic rings. The van der Waals surface area contributed by atoms with Crippen LogP contribution in [0.2, 0.25) is 10.0 Å². The van der Waals surface area contributed by atoms with Gasteiger partial charge in [0.1, 0.15) is 21.5 Å². The van der Waals surface area contributed by atoms with Gasteiger partial charge in [-0.15, -0.1) is 11.3 Å². The zero-order valence-electron chi connectivity index (χ0n) is 18.4. The molecule has 2 aromatic heterocycles. The molecular weight excluding hydrogens is 499 g/mol. The third-order valence-corrected chi connectivity index (χ3v) is 6.77. The molecule has 0 unspecified atom stereocenters. The lowest BCUT2D eigenvalue weighted by Gasteiger charge is -2.12. The fourth-order valence-electron chi connectivity index (χ4n) is 3.58. The van der Waals surface area contributed by atoms with Gasteiger partial charge in [-0.1, -0.05) is 23.2 Å². The Kier molecular flexibility index (Phi) is 7.92. The number of amides is 1. The van der Waals surface area contributed by atoms with Gasteiger partial charge in [0.15, 0.2) is 6.61 Å². The van der Waals surface area contributed by atoms with Crippen LogP contribution >= 0.6 is 34.5 Å². The van der Waals surface area contributed by atoms with E-state index < -0.39 is 5.97 Å². The minimum Gasteiger partial charge on any atom is -0.484 e. The number of carbonyl (C=O) groups excluding carboxylic acids is 2. The molecule has 0 fully saturated rings. The van der Waals surface area contributed by atoms with Crippen molar-refractivity contribution in [1.82, 2.24) is 4.98 Å². The number of halogens is 2. The van der Waals surface area contributed by atoms with Gasteiger partial charge in [-0.25, -0.2) is 9.78 Å². The number of pyridine rings is 1. The first-order chi connectivity index (χ1) is 16.4. The smallest absolute Gasteiger partial charge is 0.341 e. The van der Waals surface area contributed by atoms with E-state index >= 15 is 0 Å². The Balaban J connectivity index is 1.37. The van der Waals surface area contributed by atoms with Gasteiger partial charge in [0.05, 0.1) is 17.2 Å². The van der Waals surface area contributed by atoms with Crippen LogP contribution in [0.1, 0.15) is 40.6 Å². The van der Waals surface area contributed by atoms with Crippen LogP contribution in [0.25, 0.3) is 0 Å². The first kappa shape index (κ1) is 24.3. The van der Waals surface area contributed by atoms with Crippen LogP contribution in [0.4, 0.5) is 5.00 Å². The minimum atomic E-state index is -0.399. The molecular formula is C24H22Cl2N2O5S. The zero-order chi connectivity index (χ0) is 24.1. The molecule has 0 saturated heterocycles.